The molecule has 1 aromatic carbocycles. The summed E-state index contributed by atoms with van der Waals surface area (Å²) < 4.78 is 0. The molecule has 0 radical (unpaired) electrons. The van der Waals surface area contributed by atoms with E-state index < -0.39 is 0 Å². The molecule has 4 aromatic rings. The number of aromatic hydroxyl groups is 1. The monoisotopic (exact) mass is 599 g/mol. The Kier molecular flexibility index (Phi) is 6.48. The van der Waals surface area contributed by atoms with Crippen LogP contribution in [0.25, 0.3) is 46.4 Å². The SMILES string of the molecule is C1=Cc2cc3ccc(cc4ccc(cc5nc(cc1n2)C=C5)[nH]4)[nH]3.Oc1ccccc1.[Pt]. The molecule has 3 aromatic heterocycles. The van der Waals surface area contributed by atoms with E-state index in [1.807, 2.05) is 48.6 Å². The van der Waals surface area contributed by atoms with Gasteiger partial charge in [0.1, 0.15) is 5.75 Å². The van der Waals surface area contributed by atoms with Gasteiger partial charge in [-0.2, -0.15) is 0 Å². The van der Waals surface area contributed by atoms with Gasteiger partial charge in [0.2, 0.25) is 0 Å². The summed E-state index contributed by atoms with van der Waals surface area (Å²) in [5.41, 5.74) is 7.86. The maximum Gasteiger partial charge on any atom is 0.115 e. The van der Waals surface area contributed by atoms with Crippen LogP contribution >= 0.6 is 0 Å². The molecule has 5 nitrogen and oxygen atoms in total. The van der Waals surface area contributed by atoms with Crippen molar-refractivity contribution in [2.24, 2.45) is 0 Å². The van der Waals surface area contributed by atoms with Crippen LogP contribution in [0.1, 0.15) is 22.8 Å². The van der Waals surface area contributed by atoms with Gasteiger partial charge in [0.25, 0.3) is 0 Å². The molecular formula is C26H20N4OPt. The molecule has 2 aliphatic heterocycles. The predicted molar refractivity (Wildman–Crippen MR) is 127 cm³/mol. The van der Waals surface area contributed by atoms with Crippen LogP contribution in [-0.2, 0) is 21.1 Å². The van der Waals surface area contributed by atoms with Gasteiger partial charge in [-0.15, -0.1) is 0 Å². The fourth-order valence-corrected chi connectivity index (χ4v) is 3.37. The number of fused-ring (bicyclic) bond motifs is 8. The summed E-state index contributed by atoms with van der Waals surface area (Å²) in [4.78, 5) is 16.0. The fraction of sp³-hybridized carbons (Fsp3) is 0. The van der Waals surface area contributed by atoms with Gasteiger partial charge in [0, 0.05) is 43.1 Å². The first-order valence-corrected chi connectivity index (χ1v) is 9.98. The number of benzene rings is 1. The third-order valence-electron chi connectivity index (χ3n) is 4.80. The number of hydrogen-bond acceptors (Lipinski definition) is 3. The van der Waals surface area contributed by atoms with E-state index in [1.165, 1.54) is 0 Å². The molecule has 160 valence electrons. The Morgan fingerprint density at radius 2 is 0.906 bits per heavy atom. The number of aromatic amines is 2. The first kappa shape index (κ1) is 21.5. The zero-order chi connectivity index (χ0) is 21.0. The number of H-pyrrole nitrogens is 2. The Hall–Kier alpha value is -3.69. The summed E-state index contributed by atoms with van der Waals surface area (Å²) in [6, 6.07) is 25.1. The number of phenols is 1. The van der Waals surface area contributed by atoms with Crippen LogP contribution in [0.15, 0.2) is 78.9 Å². The molecular weight excluding hydrogens is 579 g/mol. The van der Waals surface area contributed by atoms with Gasteiger partial charge in [-0.1, -0.05) is 18.2 Å². The van der Waals surface area contributed by atoms with Crippen molar-refractivity contribution in [1.82, 2.24) is 19.9 Å². The van der Waals surface area contributed by atoms with Gasteiger partial charge in [-0.3, -0.25) is 0 Å². The van der Waals surface area contributed by atoms with Crippen LogP contribution in [0.2, 0.25) is 0 Å². The van der Waals surface area contributed by atoms with Crippen molar-refractivity contribution in [2.45, 2.75) is 0 Å². The Morgan fingerprint density at radius 3 is 1.31 bits per heavy atom. The zero-order valence-corrected chi connectivity index (χ0v) is 19.2. The summed E-state index contributed by atoms with van der Waals surface area (Å²) >= 11 is 0. The van der Waals surface area contributed by atoms with E-state index in [-0.39, 0.29) is 21.1 Å². The average Bonchev–Trinajstić information content (AvgIpc) is 3.55. The molecule has 32 heavy (non-hydrogen) atoms. The molecule has 0 amide bonds. The van der Waals surface area contributed by atoms with Crippen LogP contribution in [0, 0.1) is 0 Å². The second-order valence-electron chi connectivity index (χ2n) is 7.24. The van der Waals surface area contributed by atoms with Gasteiger partial charge in [-0.05, 0) is 85.0 Å². The van der Waals surface area contributed by atoms with Crippen molar-refractivity contribution in [2.75, 3.05) is 0 Å². The predicted octanol–water partition coefficient (Wildman–Crippen LogP) is 6.05. The number of hydrogen-bond donors (Lipinski definition) is 3. The summed E-state index contributed by atoms with van der Waals surface area (Å²) in [5, 5.41) is 8.63. The van der Waals surface area contributed by atoms with E-state index in [9.17, 15) is 0 Å². The molecule has 0 spiro atoms. The molecule has 0 unspecified atom stereocenters. The van der Waals surface area contributed by atoms with Crippen molar-refractivity contribution in [1.29, 1.82) is 0 Å². The minimum Gasteiger partial charge on any atom is -0.508 e. The van der Waals surface area contributed by atoms with Gasteiger partial charge in [0.05, 0.1) is 22.8 Å². The molecule has 2 aliphatic rings. The standard InChI is InChI=1S/C20H14N4.C6H6O.Pt/c1-2-14-10-16-5-6-18(23-16)12-20-8-7-19(24-20)11-17-4-3-15(22-17)9-13(1)21-14;7-6-4-2-1-3-5-6;/h1-12,21-22H;1-5,7H;. The number of nitrogens with zero attached hydrogens (tertiary/aromatic N) is 2. The van der Waals surface area contributed by atoms with Crippen molar-refractivity contribution in [3.63, 3.8) is 0 Å². The Morgan fingerprint density at radius 1 is 0.500 bits per heavy atom. The maximum atomic E-state index is 8.63. The zero-order valence-electron chi connectivity index (χ0n) is 17.0. The number of nitrogens with one attached hydrogen (secondary N) is 2. The minimum absolute atomic E-state index is 0. The molecule has 0 fully saturated rings. The third-order valence-corrected chi connectivity index (χ3v) is 4.80. The first-order valence-electron chi connectivity index (χ1n) is 9.98. The second kappa shape index (κ2) is 9.63. The number of phenolic OH excluding ortho intramolecular Hbond substituents is 1. The number of rotatable bonds is 0. The van der Waals surface area contributed by atoms with Gasteiger partial charge >= 0.3 is 0 Å². The number of para-hydroxylation sites is 1. The van der Waals surface area contributed by atoms with Crippen LogP contribution in [0.4, 0.5) is 0 Å². The molecule has 0 saturated heterocycles. The molecule has 0 saturated carbocycles. The molecule has 0 aliphatic carbocycles. The molecule has 5 heterocycles. The Labute approximate surface area is 199 Å². The van der Waals surface area contributed by atoms with Gasteiger partial charge in [-0.25, -0.2) is 9.97 Å². The van der Waals surface area contributed by atoms with E-state index in [1.54, 1.807) is 24.3 Å². The van der Waals surface area contributed by atoms with Crippen molar-refractivity contribution in [3.8, 4) is 5.75 Å². The van der Waals surface area contributed by atoms with Crippen LogP contribution in [0.5, 0.6) is 5.75 Å². The smallest absolute Gasteiger partial charge is 0.115 e. The summed E-state index contributed by atoms with van der Waals surface area (Å²) in [6.45, 7) is 0. The van der Waals surface area contributed by atoms with Crippen molar-refractivity contribution < 1.29 is 26.2 Å². The van der Waals surface area contributed by atoms with Crippen LogP contribution in [0.3, 0.4) is 0 Å². The minimum atomic E-state index is 0. The van der Waals surface area contributed by atoms with Crippen molar-refractivity contribution in [3.05, 3.63) is 102 Å². The first-order chi connectivity index (χ1) is 15.2. The topological polar surface area (TPSA) is 77.6 Å². The average molecular weight is 600 g/mol. The van der Waals surface area contributed by atoms with Crippen molar-refractivity contribution >= 4 is 46.4 Å². The summed E-state index contributed by atoms with van der Waals surface area (Å²) in [6.07, 6.45) is 8.05. The quantitative estimate of drug-likeness (QED) is 0.199. The van der Waals surface area contributed by atoms with Gasteiger partial charge < -0.3 is 15.1 Å². The second-order valence-corrected chi connectivity index (χ2v) is 7.24. The Bertz CT molecular complexity index is 1360. The van der Waals surface area contributed by atoms with E-state index in [0.29, 0.717) is 5.75 Å². The normalized spacial score (nSPS) is 11.4. The maximum absolute atomic E-state index is 8.63. The van der Waals surface area contributed by atoms with Gasteiger partial charge in [0.15, 0.2) is 0 Å². The van der Waals surface area contributed by atoms with E-state index in [4.69, 9.17) is 5.11 Å². The molecule has 0 atom stereocenters. The van der Waals surface area contributed by atoms with Crippen LogP contribution < -0.4 is 0 Å². The van der Waals surface area contributed by atoms with Crippen LogP contribution in [-0.4, -0.2) is 25.0 Å². The molecule has 8 bridgehead atoms. The molecule has 6 heteroatoms. The molecule has 6 rings (SSSR count). The van der Waals surface area contributed by atoms with E-state index in [0.717, 1.165) is 44.8 Å². The molecule has 3 N–H and O–H groups in total. The van der Waals surface area contributed by atoms with E-state index >= 15 is 0 Å². The summed E-state index contributed by atoms with van der Waals surface area (Å²) in [7, 11) is 0. The third kappa shape index (κ3) is 5.31. The fourth-order valence-electron chi connectivity index (χ4n) is 3.37. The number of aromatic nitrogens is 4. The largest absolute Gasteiger partial charge is 0.508 e. The van der Waals surface area contributed by atoms with E-state index in [2.05, 4.69) is 50.3 Å². The summed E-state index contributed by atoms with van der Waals surface area (Å²) in [5.74, 6) is 0.322. The Balaban J connectivity index is 0.000000265.